The third kappa shape index (κ3) is 6.78. The number of anilines is 1. The number of fused-ring (bicyclic) bond motifs is 1. The average molecular weight is 350 g/mol. The number of aliphatic carboxylic acids is 1. The molecule has 6 nitrogen and oxygen atoms in total. The van der Waals surface area contributed by atoms with Crippen molar-refractivity contribution in [3.8, 4) is 0 Å². The summed E-state index contributed by atoms with van der Waals surface area (Å²) >= 11 is 0. The van der Waals surface area contributed by atoms with Gasteiger partial charge in [-0.15, -0.1) is 0 Å². The zero-order valence-corrected chi connectivity index (χ0v) is 14.7. The van der Waals surface area contributed by atoms with Crippen LogP contribution < -0.4 is 4.90 Å². The Labute approximate surface area is 143 Å². The van der Waals surface area contributed by atoms with Crippen molar-refractivity contribution in [2.75, 3.05) is 25.0 Å². The lowest BCUT2D eigenvalue weighted by Gasteiger charge is -2.20. The number of unbranched alkanes of at least 4 members (excludes halogenated alkanes) is 1. The Kier molecular flexibility index (Phi) is 8.49. The predicted molar refractivity (Wildman–Crippen MR) is 96.0 cm³/mol. The van der Waals surface area contributed by atoms with E-state index in [0.717, 1.165) is 6.54 Å². The molecule has 24 heavy (non-hydrogen) atoms. The van der Waals surface area contributed by atoms with E-state index in [1.807, 2.05) is 0 Å². The van der Waals surface area contributed by atoms with Crippen LogP contribution in [0, 0.1) is 0 Å². The van der Waals surface area contributed by atoms with Crippen LogP contribution in [-0.4, -0.2) is 39.6 Å². The van der Waals surface area contributed by atoms with E-state index in [1.54, 1.807) is 0 Å². The van der Waals surface area contributed by atoms with Crippen molar-refractivity contribution in [3.63, 3.8) is 0 Å². The molecule has 0 heterocycles. The van der Waals surface area contributed by atoms with Gasteiger partial charge in [0.15, 0.2) is 6.54 Å². The highest BCUT2D eigenvalue weighted by Gasteiger charge is 2.04. The normalized spacial score (nSPS) is 9.75. The molecule has 1 N–H and O–H groups in total. The van der Waals surface area contributed by atoms with Crippen molar-refractivity contribution >= 4 is 32.9 Å². The van der Waals surface area contributed by atoms with Crippen LogP contribution in [0.25, 0.3) is 10.8 Å². The monoisotopic (exact) mass is 350 g/mol. The van der Waals surface area contributed by atoms with Gasteiger partial charge in [0.1, 0.15) is 0 Å². The summed E-state index contributed by atoms with van der Waals surface area (Å²) in [5.41, 5.74) is 1.34. The van der Waals surface area contributed by atoms with Crippen LogP contribution >= 0.6 is 0 Å². The Bertz CT molecular complexity index is 790. The fourth-order valence-electron chi connectivity index (χ4n) is 2.16. The molecule has 0 unspecified atom stereocenters. The molecule has 0 aromatic heterocycles. The summed E-state index contributed by atoms with van der Waals surface area (Å²) in [6, 6.07) is 15.1. The molecule has 2 aromatic carbocycles. The van der Waals surface area contributed by atoms with Gasteiger partial charge in [-0.2, -0.15) is 12.8 Å². The largest absolute Gasteiger partial charge is 0.480 e. The lowest BCUT2D eigenvalue weighted by atomic mass is 10.1. The summed E-state index contributed by atoms with van der Waals surface area (Å²) in [7, 11) is -0.414. The minimum atomic E-state index is -2.59. The lowest BCUT2D eigenvalue weighted by Crippen LogP contribution is -2.18. The molecule has 130 valence electrons. The standard InChI is InChI=1S/C15H19N.C2H3NO4S/c1-3-4-12-16(2)15-11-7-9-13-8-5-6-10-14(13)15;4-2(5)1-3-8(6)7/h5-11H,3-4,12H2,1-2H3;1H2,(H,4,5). The summed E-state index contributed by atoms with van der Waals surface area (Å²) in [5, 5.41) is 10.5. The van der Waals surface area contributed by atoms with Gasteiger partial charge in [-0.3, -0.25) is 4.79 Å². The molecule has 0 aliphatic carbocycles. The molecule has 2 rings (SSSR count). The fourth-order valence-corrected chi connectivity index (χ4v) is 2.38. The van der Waals surface area contributed by atoms with Crippen molar-refractivity contribution in [3.05, 3.63) is 42.5 Å². The quantitative estimate of drug-likeness (QED) is 0.864. The third-order valence-corrected chi connectivity index (χ3v) is 3.67. The van der Waals surface area contributed by atoms with Gasteiger partial charge in [0.2, 0.25) is 0 Å². The van der Waals surface area contributed by atoms with Gasteiger partial charge >= 0.3 is 16.5 Å². The first-order chi connectivity index (χ1) is 11.5. The van der Waals surface area contributed by atoms with Gasteiger partial charge in [-0.25, -0.2) is 0 Å². The average Bonchev–Trinajstić information content (AvgIpc) is 2.58. The van der Waals surface area contributed by atoms with Crippen molar-refractivity contribution in [1.82, 2.24) is 0 Å². The van der Waals surface area contributed by atoms with Crippen molar-refractivity contribution in [2.24, 2.45) is 4.36 Å². The van der Waals surface area contributed by atoms with E-state index in [4.69, 9.17) is 5.11 Å². The zero-order valence-electron chi connectivity index (χ0n) is 13.8. The minimum Gasteiger partial charge on any atom is -0.480 e. The second-order valence-electron chi connectivity index (χ2n) is 5.17. The van der Waals surface area contributed by atoms with Crippen LogP contribution in [0.4, 0.5) is 5.69 Å². The number of carboxylic acid groups (broad SMARTS) is 1. The number of hydrogen-bond donors (Lipinski definition) is 1. The molecular formula is C17H22N2O4S. The van der Waals surface area contributed by atoms with E-state index >= 15 is 0 Å². The van der Waals surface area contributed by atoms with Gasteiger partial charge in [-0.1, -0.05) is 49.7 Å². The topological polar surface area (TPSA) is 87.0 Å². The van der Waals surface area contributed by atoms with Crippen molar-refractivity contribution in [2.45, 2.75) is 19.8 Å². The zero-order chi connectivity index (χ0) is 17.9. The van der Waals surface area contributed by atoms with Gasteiger partial charge in [0, 0.05) is 24.7 Å². The summed E-state index contributed by atoms with van der Waals surface area (Å²) in [6.07, 6.45) is 2.49. The molecule has 0 amide bonds. The second-order valence-corrected chi connectivity index (χ2v) is 5.86. The van der Waals surface area contributed by atoms with E-state index in [2.05, 4.69) is 65.7 Å². The Morgan fingerprint density at radius 1 is 1.17 bits per heavy atom. The maximum absolute atomic E-state index is 9.54. The maximum Gasteiger partial charge on any atom is 0.326 e. The van der Waals surface area contributed by atoms with Gasteiger partial charge in [-0.05, 0) is 17.9 Å². The first-order valence-electron chi connectivity index (χ1n) is 7.63. The molecule has 7 heteroatoms. The van der Waals surface area contributed by atoms with Gasteiger partial charge in [0.05, 0.1) is 0 Å². The van der Waals surface area contributed by atoms with Crippen LogP contribution in [0.2, 0.25) is 0 Å². The Hall–Kier alpha value is -2.41. The Balaban J connectivity index is 0.000000307. The van der Waals surface area contributed by atoms with Gasteiger partial charge in [0.25, 0.3) is 0 Å². The number of benzene rings is 2. The number of carboxylic acids is 1. The summed E-state index contributed by atoms with van der Waals surface area (Å²) < 4.78 is 21.6. The Morgan fingerprint density at radius 2 is 1.83 bits per heavy atom. The number of rotatable bonds is 6. The van der Waals surface area contributed by atoms with Crippen LogP contribution in [0.15, 0.2) is 46.8 Å². The highest BCUT2D eigenvalue weighted by molar-refractivity contribution is 7.61. The Morgan fingerprint density at radius 3 is 2.42 bits per heavy atom. The molecule has 0 radical (unpaired) electrons. The van der Waals surface area contributed by atoms with E-state index in [1.165, 1.54) is 29.3 Å². The molecule has 0 saturated heterocycles. The van der Waals surface area contributed by atoms with Crippen LogP contribution in [0.5, 0.6) is 0 Å². The van der Waals surface area contributed by atoms with E-state index in [-0.39, 0.29) is 0 Å². The van der Waals surface area contributed by atoms with E-state index < -0.39 is 23.0 Å². The molecule has 0 fully saturated rings. The first-order valence-corrected chi connectivity index (χ1v) is 8.66. The SMILES string of the molecule is CCCCN(C)c1cccc2ccccc12.O=C(O)CN=S(=O)=O. The predicted octanol–water partition coefficient (Wildman–Crippen LogP) is 3.21. The maximum atomic E-state index is 9.54. The van der Waals surface area contributed by atoms with E-state index in [0.29, 0.717) is 0 Å². The molecular weight excluding hydrogens is 328 g/mol. The third-order valence-electron chi connectivity index (χ3n) is 3.33. The summed E-state index contributed by atoms with van der Waals surface area (Å²) in [6.45, 7) is 2.68. The van der Waals surface area contributed by atoms with Crippen molar-refractivity contribution < 1.29 is 18.3 Å². The number of carbonyl (C=O) groups is 1. The summed E-state index contributed by atoms with van der Waals surface area (Å²) in [4.78, 5) is 11.9. The highest BCUT2D eigenvalue weighted by Crippen LogP contribution is 2.25. The van der Waals surface area contributed by atoms with Crippen LogP contribution in [0.3, 0.4) is 0 Å². The molecule has 0 bridgehead atoms. The van der Waals surface area contributed by atoms with E-state index in [9.17, 15) is 13.2 Å². The number of hydrogen-bond acceptors (Lipinski definition) is 5. The minimum absolute atomic E-state index is 0.684. The highest BCUT2D eigenvalue weighted by atomic mass is 32.2. The summed E-state index contributed by atoms with van der Waals surface area (Å²) in [5.74, 6) is -1.26. The molecule has 0 atom stereocenters. The second kappa shape index (κ2) is 10.4. The van der Waals surface area contributed by atoms with Gasteiger partial charge < -0.3 is 10.0 Å². The van der Waals surface area contributed by atoms with Crippen LogP contribution in [0.1, 0.15) is 19.8 Å². The molecule has 0 saturated carbocycles. The first kappa shape index (κ1) is 19.6. The fraction of sp³-hybridized carbons (Fsp3) is 0.353. The molecule has 0 aliphatic heterocycles. The lowest BCUT2D eigenvalue weighted by molar-refractivity contribution is -0.135. The molecule has 2 aromatic rings. The number of nitrogens with zero attached hydrogens (tertiary/aromatic N) is 2. The van der Waals surface area contributed by atoms with Crippen LogP contribution in [-0.2, 0) is 15.3 Å². The molecule has 0 spiro atoms. The smallest absolute Gasteiger partial charge is 0.326 e. The molecule has 0 aliphatic rings. The van der Waals surface area contributed by atoms with Crippen molar-refractivity contribution in [1.29, 1.82) is 0 Å².